The van der Waals surface area contributed by atoms with Gasteiger partial charge in [0.1, 0.15) is 20.7 Å². The number of para-hydroxylation sites is 1. The number of benzene rings is 5. The highest BCUT2D eigenvalue weighted by Gasteiger charge is 2.58. The van der Waals surface area contributed by atoms with Crippen LogP contribution in [0, 0.1) is 0 Å². The summed E-state index contributed by atoms with van der Waals surface area (Å²) in [4.78, 5) is 20.5. The van der Waals surface area contributed by atoms with Crippen molar-refractivity contribution in [1.82, 2.24) is 0 Å². The molecule has 0 saturated carbocycles. The summed E-state index contributed by atoms with van der Waals surface area (Å²) in [6.45, 7) is 6.60. The van der Waals surface area contributed by atoms with Gasteiger partial charge in [-0.3, -0.25) is 4.99 Å². The summed E-state index contributed by atoms with van der Waals surface area (Å²) in [6.07, 6.45) is 6.10. The predicted octanol–water partition coefficient (Wildman–Crippen LogP) is 11.5. The van der Waals surface area contributed by atoms with Crippen molar-refractivity contribution >= 4 is 73.6 Å². The van der Waals surface area contributed by atoms with E-state index in [1.165, 1.54) is 29.5 Å². The molecule has 0 N–H and O–H groups in total. The zero-order valence-corrected chi connectivity index (χ0v) is 31.9. The second-order valence-electron chi connectivity index (χ2n) is 13.6. The van der Waals surface area contributed by atoms with Gasteiger partial charge >= 0.3 is 5.97 Å². The van der Waals surface area contributed by atoms with Crippen molar-refractivity contribution in [2.24, 2.45) is 4.99 Å². The number of aryl methyl sites for hydroxylation is 1. The molecule has 0 aromatic heterocycles. The van der Waals surface area contributed by atoms with Crippen LogP contribution in [0.5, 0.6) is 11.5 Å². The van der Waals surface area contributed by atoms with Gasteiger partial charge in [-0.2, -0.15) is 0 Å². The molecule has 2 aliphatic rings. The molecular weight excluding hydrogens is 689 g/mol. The fraction of sp³-hybridized carbons (Fsp3) is 0.279. The van der Waals surface area contributed by atoms with E-state index in [0.29, 0.717) is 17.1 Å². The van der Waals surface area contributed by atoms with Gasteiger partial charge in [0.15, 0.2) is 0 Å². The normalized spacial score (nSPS) is 17.5. The first kappa shape index (κ1) is 35.3. The Bertz CT molecular complexity index is 2100. The molecule has 2 aliphatic heterocycles. The minimum atomic E-state index is -0.769. The van der Waals surface area contributed by atoms with E-state index in [1.54, 1.807) is 23.5 Å². The molecular formula is C43H42N2O3S3. The van der Waals surface area contributed by atoms with Crippen LogP contribution in [0.2, 0.25) is 0 Å². The third kappa shape index (κ3) is 6.94. The Hall–Kier alpha value is -4.11. The van der Waals surface area contributed by atoms with Gasteiger partial charge in [0, 0.05) is 23.4 Å². The van der Waals surface area contributed by atoms with Gasteiger partial charge in [-0.05, 0) is 97.3 Å². The summed E-state index contributed by atoms with van der Waals surface area (Å²) < 4.78 is 13.8. The van der Waals surface area contributed by atoms with Crippen molar-refractivity contribution in [3.8, 4) is 11.5 Å². The smallest absolute Gasteiger partial charge is 0.343 e. The SMILES string of the molecule is CCCCSC(=S)SC(CCc1ccc(C(=O)Oc2ccc3ccc4c(c3c2)N=CC2(O4)N(C)c3ccccc3C2(C)C)cc1)c1ccccc1. The first-order valence-corrected chi connectivity index (χ1v) is 19.8. The van der Waals surface area contributed by atoms with E-state index in [9.17, 15) is 4.79 Å². The van der Waals surface area contributed by atoms with E-state index in [1.807, 2.05) is 60.8 Å². The number of nitrogens with zero attached hydrogens (tertiary/aromatic N) is 2. The van der Waals surface area contributed by atoms with E-state index in [2.05, 4.69) is 87.3 Å². The standard InChI is InChI=1S/C43H42N2O3S3/c1-5-6-26-50-41(49)51-38(31-12-8-7-9-13-31)25-18-29-16-19-32(20-17-29)40(46)47-33-23-21-30-22-24-37-39(34(30)27-33)44-28-43(48-37)42(2,3)35-14-10-11-15-36(35)45(43)4/h7-17,19-24,27-28,38H,5-6,18,25-26H2,1-4H3. The number of hydrogen-bond donors (Lipinski definition) is 0. The number of thioether (sulfide) groups is 2. The molecule has 2 atom stereocenters. The van der Waals surface area contributed by atoms with Crippen LogP contribution in [0.1, 0.15) is 72.3 Å². The molecule has 0 amide bonds. The van der Waals surface area contributed by atoms with Crippen LogP contribution in [-0.4, -0.2) is 34.2 Å². The average Bonchev–Trinajstić information content (AvgIpc) is 3.31. The molecule has 8 heteroatoms. The van der Waals surface area contributed by atoms with Crippen molar-refractivity contribution in [3.05, 3.63) is 131 Å². The van der Waals surface area contributed by atoms with Crippen LogP contribution < -0.4 is 14.4 Å². The molecule has 260 valence electrons. The van der Waals surface area contributed by atoms with Crippen molar-refractivity contribution in [2.75, 3.05) is 17.7 Å². The summed E-state index contributed by atoms with van der Waals surface area (Å²) >= 11 is 9.31. The van der Waals surface area contributed by atoms with Gasteiger partial charge in [0.05, 0.1) is 17.2 Å². The summed E-state index contributed by atoms with van der Waals surface area (Å²) in [6, 6.07) is 36.4. The molecule has 5 aromatic rings. The number of carbonyl (C=O) groups excluding carboxylic acids is 1. The van der Waals surface area contributed by atoms with Crippen LogP contribution in [0.25, 0.3) is 10.8 Å². The van der Waals surface area contributed by atoms with Crippen LogP contribution in [0.15, 0.2) is 114 Å². The number of unbranched alkanes of at least 4 members (excludes halogenated alkanes) is 1. The molecule has 51 heavy (non-hydrogen) atoms. The lowest BCUT2D eigenvalue weighted by Gasteiger charge is -2.45. The number of esters is 1. The van der Waals surface area contributed by atoms with Crippen LogP contribution in [-0.2, 0) is 11.8 Å². The van der Waals surface area contributed by atoms with Crippen LogP contribution in [0.3, 0.4) is 0 Å². The fourth-order valence-electron chi connectivity index (χ4n) is 7.10. The van der Waals surface area contributed by atoms with Crippen molar-refractivity contribution in [1.29, 1.82) is 0 Å². The summed E-state index contributed by atoms with van der Waals surface area (Å²) in [7, 11) is 2.06. The van der Waals surface area contributed by atoms with Gasteiger partial charge in [0.2, 0.25) is 5.72 Å². The fourth-order valence-corrected chi connectivity index (χ4v) is 9.93. The Morgan fingerprint density at radius 3 is 2.47 bits per heavy atom. The number of hydrogen-bond acceptors (Lipinski definition) is 8. The topological polar surface area (TPSA) is 51.1 Å². The molecule has 0 fully saturated rings. The molecule has 1 spiro atoms. The Labute approximate surface area is 314 Å². The largest absolute Gasteiger partial charge is 0.459 e. The van der Waals surface area contributed by atoms with Crippen molar-refractivity contribution in [2.45, 2.75) is 62.8 Å². The van der Waals surface area contributed by atoms with E-state index in [-0.39, 0.29) is 10.7 Å². The molecule has 0 saturated heterocycles. The number of likely N-dealkylation sites (N-methyl/N-ethyl adjacent to an activating group) is 1. The number of ether oxygens (including phenoxy) is 2. The van der Waals surface area contributed by atoms with Gasteiger partial charge in [-0.15, -0.1) is 11.8 Å². The molecule has 5 nitrogen and oxygen atoms in total. The van der Waals surface area contributed by atoms with E-state index >= 15 is 0 Å². The predicted molar refractivity (Wildman–Crippen MR) is 220 cm³/mol. The number of fused-ring (bicyclic) bond motifs is 4. The quantitative estimate of drug-likeness (QED) is 0.0614. The molecule has 7 rings (SSSR count). The molecule has 5 aromatic carbocycles. The number of rotatable bonds is 10. The Balaban J connectivity index is 1.04. The maximum Gasteiger partial charge on any atom is 0.343 e. The van der Waals surface area contributed by atoms with Crippen molar-refractivity contribution < 1.29 is 14.3 Å². The van der Waals surface area contributed by atoms with Crippen molar-refractivity contribution in [3.63, 3.8) is 0 Å². The van der Waals surface area contributed by atoms with E-state index < -0.39 is 11.7 Å². The lowest BCUT2D eigenvalue weighted by Crippen LogP contribution is -2.61. The summed E-state index contributed by atoms with van der Waals surface area (Å²) in [5.74, 6) is 1.82. The number of thiocarbonyl (C=S) groups is 1. The minimum absolute atomic E-state index is 0.276. The lowest BCUT2D eigenvalue weighted by molar-refractivity contribution is 0.0735. The maximum atomic E-state index is 13.3. The summed E-state index contributed by atoms with van der Waals surface area (Å²) in [5.41, 5.74) is 4.93. The lowest BCUT2D eigenvalue weighted by atomic mass is 9.77. The van der Waals surface area contributed by atoms with Gasteiger partial charge < -0.3 is 14.4 Å². The second kappa shape index (κ2) is 14.9. The van der Waals surface area contributed by atoms with Gasteiger partial charge in [0.25, 0.3) is 0 Å². The molecule has 0 bridgehead atoms. The average molecular weight is 731 g/mol. The second-order valence-corrected chi connectivity index (χ2v) is 17.1. The highest BCUT2D eigenvalue weighted by molar-refractivity contribution is 8.47. The van der Waals surface area contributed by atoms with Gasteiger partial charge in [-0.25, -0.2) is 4.79 Å². The zero-order chi connectivity index (χ0) is 35.6. The Kier molecular flexibility index (Phi) is 10.3. The minimum Gasteiger partial charge on any atom is -0.459 e. The Morgan fingerprint density at radius 2 is 1.71 bits per heavy atom. The first-order chi connectivity index (χ1) is 24.7. The number of anilines is 1. The monoisotopic (exact) mass is 730 g/mol. The third-order valence-corrected chi connectivity index (χ3v) is 13.1. The molecule has 2 unspecified atom stereocenters. The molecule has 0 radical (unpaired) electrons. The number of aliphatic imine (C=N–C) groups is 1. The van der Waals surface area contributed by atoms with E-state index in [0.717, 1.165) is 44.3 Å². The Morgan fingerprint density at radius 1 is 0.961 bits per heavy atom. The van der Waals surface area contributed by atoms with E-state index in [4.69, 9.17) is 26.7 Å². The first-order valence-electron chi connectivity index (χ1n) is 17.5. The molecule has 0 aliphatic carbocycles. The van der Waals surface area contributed by atoms with Crippen LogP contribution >= 0.6 is 35.7 Å². The third-order valence-electron chi connectivity index (χ3n) is 10.1. The number of carbonyl (C=O) groups is 1. The molecule has 2 heterocycles. The summed E-state index contributed by atoms with van der Waals surface area (Å²) in [5, 5.41) is 2.13. The van der Waals surface area contributed by atoms with Gasteiger partial charge in [-0.1, -0.05) is 110 Å². The highest BCUT2D eigenvalue weighted by Crippen LogP contribution is 2.54. The zero-order valence-electron chi connectivity index (χ0n) is 29.4. The highest BCUT2D eigenvalue weighted by atomic mass is 32.2. The van der Waals surface area contributed by atoms with Crippen LogP contribution in [0.4, 0.5) is 11.4 Å². The maximum absolute atomic E-state index is 13.3.